The second-order valence-electron chi connectivity index (χ2n) is 6.04. The minimum atomic E-state index is -0.617. The standard InChI is InChI=1S/C19H21N3O5/c1-25-14-6-7-16(26-2)15(9-14)22-18(23)11-27-19(24)12-3-8-17(20-10-12)21-13-4-5-13/h3,6-10,13H,4-5,11H2,1-2H3,(H,20,21)(H,22,23). The number of amides is 1. The Morgan fingerprint density at radius 3 is 2.59 bits per heavy atom. The van der Waals surface area contributed by atoms with E-state index in [9.17, 15) is 9.59 Å². The molecule has 8 heteroatoms. The minimum absolute atomic E-state index is 0.281. The van der Waals surface area contributed by atoms with E-state index in [1.54, 1.807) is 30.3 Å². The molecule has 0 aliphatic heterocycles. The van der Waals surface area contributed by atoms with E-state index in [1.807, 2.05) is 0 Å². The van der Waals surface area contributed by atoms with Gasteiger partial charge in [-0.15, -0.1) is 0 Å². The van der Waals surface area contributed by atoms with Crippen molar-refractivity contribution in [3.8, 4) is 11.5 Å². The maximum Gasteiger partial charge on any atom is 0.340 e. The van der Waals surface area contributed by atoms with Gasteiger partial charge in [0.05, 0.1) is 25.5 Å². The molecule has 0 bridgehead atoms. The fourth-order valence-corrected chi connectivity index (χ4v) is 2.35. The fraction of sp³-hybridized carbons (Fsp3) is 0.316. The number of pyridine rings is 1. The van der Waals surface area contributed by atoms with Gasteiger partial charge in [-0.1, -0.05) is 0 Å². The summed E-state index contributed by atoms with van der Waals surface area (Å²) in [4.78, 5) is 28.3. The number of hydrogen-bond acceptors (Lipinski definition) is 7. The first kappa shape index (κ1) is 18.5. The SMILES string of the molecule is COc1ccc(OC)c(NC(=O)COC(=O)c2ccc(NC3CC3)nc2)c1. The highest BCUT2D eigenvalue weighted by atomic mass is 16.5. The molecule has 0 unspecified atom stereocenters. The van der Waals surface area contributed by atoms with Gasteiger partial charge in [-0.05, 0) is 37.1 Å². The first-order valence-corrected chi connectivity index (χ1v) is 8.50. The molecule has 0 spiro atoms. The summed E-state index contributed by atoms with van der Waals surface area (Å²) in [5.41, 5.74) is 0.707. The first-order valence-electron chi connectivity index (χ1n) is 8.50. The Morgan fingerprint density at radius 2 is 1.96 bits per heavy atom. The molecule has 2 aromatic rings. The van der Waals surface area contributed by atoms with Crippen LogP contribution in [0.25, 0.3) is 0 Å². The highest BCUT2D eigenvalue weighted by Crippen LogP contribution is 2.28. The van der Waals surface area contributed by atoms with Crippen molar-refractivity contribution in [3.63, 3.8) is 0 Å². The first-order chi connectivity index (χ1) is 13.1. The van der Waals surface area contributed by atoms with Gasteiger partial charge >= 0.3 is 5.97 Å². The van der Waals surface area contributed by atoms with Gasteiger partial charge in [-0.2, -0.15) is 0 Å². The lowest BCUT2D eigenvalue weighted by molar-refractivity contribution is -0.119. The van der Waals surface area contributed by atoms with E-state index in [1.165, 1.54) is 20.4 Å². The highest BCUT2D eigenvalue weighted by Gasteiger charge is 2.21. The van der Waals surface area contributed by atoms with Gasteiger partial charge in [0, 0.05) is 18.3 Å². The molecule has 27 heavy (non-hydrogen) atoms. The third-order valence-electron chi connectivity index (χ3n) is 3.94. The molecule has 2 N–H and O–H groups in total. The number of ether oxygens (including phenoxy) is 3. The number of nitrogens with zero attached hydrogens (tertiary/aromatic N) is 1. The number of aromatic nitrogens is 1. The van der Waals surface area contributed by atoms with Gasteiger partial charge in [-0.3, -0.25) is 4.79 Å². The van der Waals surface area contributed by atoms with Crippen molar-refractivity contribution in [2.24, 2.45) is 0 Å². The van der Waals surface area contributed by atoms with Gasteiger partial charge in [0.2, 0.25) is 0 Å². The van der Waals surface area contributed by atoms with Crippen LogP contribution in [0.4, 0.5) is 11.5 Å². The summed E-state index contributed by atoms with van der Waals surface area (Å²) in [6, 6.07) is 8.81. The number of methoxy groups -OCH3 is 2. The van der Waals surface area contributed by atoms with Crippen LogP contribution < -0.4 is 20.1 Å². The molecule has 0 atom stereocenters. The lowest BCUT2D eigenvalue weighted by Gasteiger charge is -2.12. The number of benzene rings is 1. The molecule has 8 nitrogen and oxygen atoms in total. The van der Waals surface area contributed by atoms with E-state index in [0.717, 1.165) is 18.7 Å². The molecule has 3 rings (SSSR count). The van der Waals surface area contributed by atoms with E-state index >= 15 is 0 Å². The lowest BCUT2D eigenvalue weighted by atomic mass is 10.2. The summed E-state index contributed by atoms with van der Waals surface area (Å²) in [5.74, 6) is 0.646. The van der Waals surface area contributed by atoms with E-state index < -0.39 is 18.5 Å². The Kier molecular flexibility index (Phi) is 5.75. The molecular weight excluding hydrogens is 350 g/mol. The molecular formula is C19H21N3O5. The molecule has 0 saturated heterocycles. The Balaban J connectivity index is 1.53. The van der Waals surface area contributed by atoms with Crippen molar-refractivity contribution in [1.29, 1.82) is 0 Å². The normalized spacial score (nSPS) is 12.8. The van der Waals surface area contributed by atoms with Crippen LogP contribution in [0.3, 0.4) is 0 Å². The predicted octanol–water partition coefficient (Wildman–Crippen LogP) is 2.47. The third kappa shape index (κ3) is 5.10. The second-order valence-corrected chi connectivity index (χ2v) is 6.04. The molecule has 142 valence electrons. The molecule has 1 saturated carbocycles. The largest absolute Gasteiger partial charge is 0.497 e. The zero-order valence-electron chi connectivity index (χ0n) is 15.2. The van der Waals surface area contributed by atoms with Crippen LogP contribution in [0.15, 0.2) is 36.5 Å². The van der Waals surface area contributed by atoms with E-state index in [-0.39, 0.29) is 5.56 Å². The summed E-state index contributed by atoms with van der Waals surface area (Å²) in [5, 5.41) is 5.86. The third-order valence-corrected chi connectivity index (χ3v) is 3.94. The highest BCUT2D eigenvalue weighted by molar-refractivity contribution is 5.96. The van der Waals surface area contributed by atoms with Crippen molar-refractivity contribution in [2.45, 2.75) is 18.9 Å². The average molecular weight is 371 g/mol. The van der Waals surface area contributed by atoms with Crippen molar-refractivity contribution in [3.05, 3.63) is 42.1 Å². The molecule has 1 aromatic carbocycles. The molecule has 0 radical (unpaired) electrons. The van der Waals surface area contributed by atoms with Crippen LogP contribution in [0, 0.1) is 0 Å². The number of esters is 1. The van der Waals surface area contributed by atoms with Gasteiger partial charge in [0.15, 0.2) is 6.61 Å². The Bertz CT molecular complexity index is 819. The average Bonchev–Trinajstić information content (AvgIpc) is 3.50. The second kappa shape index (κ2) is 8.39. The topological polar surface area (TPSA) is 98.8 Å². The van der Waals surface area contributed by atoms with Gasteiger partial charge in [0.1, 0.15) is 17.3 Å². The van der Waals surface area contributed by atoms with Crippen LogP contribution in [-0.4, -0.2) is 43.7 Å². The minimum Gasteiger partial charge on any atom is -0.497 e. The van der Waals surface area contributed by atoms with Crippen LogP contribution in [0.5, 0.6) is 11.5 Å². The van der Waals surface area contributed by atoms with Crippen molar-refractivity contribution in [1.82, 2.24) is 4.98 Å². The maximum atomic E-state index is 12.1. The monoisotopic (exact) mass is 371 g/mol. The lowest BCUT2D eigenvalue weighted by Crippen LogP contribution is -2.21. The van der Waals surface area contributed by atoms with Crippen molar-refractivity contribution >= 4 is 23.4 Å². The van der Waals surface area contributed by atoms with Crippen molar-refractivity contribution < 1.29 is 23.8 Å². The molecule has 1 aliphatic rings. The molecule has 1 heterocycles. The molecule has 1 aliphatic carbocycles. The predicted molar refractivity (Wildman–Crippen MR) is 99.3 cm³/mol. The van der Waals surface area contributed by atoms with E-state index in [2.05, 4.69) is 15.6 Å². The van der Waals surface area contributed by atoms with Crippen LogP contribution in [0.2, 0.25) is 0 Å². The van der Waals surface area contributed by atoms with Crippen molar-refractivity contribution in [2.75, 3.05) is 31.5 Å². The molecule has 1 aromatic heterocycles. The van der Waals surface area contributed by atoms with Crippen LogP contribution in [-0.2, 0) is 9.53 Å². The van der Waals surface area contributed by atoms with Crippen LogP contribution in [0.1, 0.15) is 23.2 Å². The van der Waals surface area contributed by atoms with Crippen LogP contribution >= 0.6 is 0 Å². The van der Waals surface area contributed by atoms with E-state index in [4.69, 9.17) is 14.2 Å². The Labute approximate surface area is 156 Å². The summed E-state index contributed by atoms with van der Waals surface area (Å²) < 4.78 is 15.4. The quantitative estimate of drug-likeness (QED) is 0.688. The summed E-state index contributed by atoms with van der Waals surface area (Å²) in [7, 11) is 3.01. The number of nitrogens with one attached hydrogen (secondary N) is 2. The molecule has 1 amide bonds. The number of carbonyl (C=O) groups is 2. The van der Waals surface area contributed by atoms with Gasteiger partial charge in [-0.25, -0.2) is 9.78 Å². The maximum absolute atomic E-state index is 12.1. The smallest absolute Gasteiger partial charge is 0.340 e. The van der Waals surface area contributed by atoms with Gasteiger partial charge < -0.3 is 24.8 Å². The zero-order valence-corrected chi connectivity index (χ0v) is 15.2. The number of anilines is 2. The van der Waals surface area contributed by atoms with Gasteiger partial charge in [0.25, 0.3) is 5.91 Å². The Hall–Kier alpha value is -3.29. The van der Waals surface area contributed by atoms with E-state index in [0.29, 0.717) is 23.2 Å². The fourth-order valence-electron chi connectivity index (χ4n) is 2.35. The summed E-state index contributed by atoms with van der Waals surface area (Å²) in [6.07, 6.45) is 3.70. The Morgan fingerprint density at radius 1 is 1.15 bits per heavy atom. The zero-order chi connectivity index (χ0) is 19.2. The number of carbonyl (C=O) groups excluding carboxylic acids is 2. The summed E-state index contributed by atoms with van der Waals surface area (Å²) in [6.45, 7) is -0.429. The summed E-state index contributed by atoms with van der Waals surface area (Å²) >= 11 is 0. The number of rotatable bonds is 8. The number of hydrogen-bond donors (Lipinski definition) is 2. The molecule has 1 fully saturated rings.